The van der Waals surface area contributed by atoms with Gasteiger partial charge in [0.05, 0.1) is 31.7 Å². The lowest BCUT2D eigenvalue weighted by Crippen LogP contribution is -2.30. The lowest BCUT2D eigenvalue weighted by atomic mass is 10.1. The highest BCUT2D eigenvalue weighted by molar-refractivity contribution is 7.99. The van der Waals surface area contributed by atoms with Gasteiger partial charge < -0.3 is 13.9 Å². The quantitative estimate of drug-likeness (QED) is 0.474. The Balaban J connectivity index is 1.44. The highest BCUT2D eigenvalue weighted by Crippen LogP contribution is 2.21. The van der Waals surface area contributed by atoms with E-state index in [4.69, 9.17) is 4.42 Å². The number of carbonyl (C=O) groups is 1. The van der Waals surface area contributed by atoms with Crippen LogP contribution in [0.25, 0.3) is 0 Å². The summed E-state index contributed by atoms with van der Waals surface area (Å²) in [6.45, 7) is 4.18. The maximum absolute atomic E-state index is 12.6. The van der Waals surface area contributed by atoms with E-state index < -0.39 is 0 Å². The van der Waals surface area contributed by atoms with Crippen molar-refractivity contribution in [3.63, 3.8) is 0 Å². The van der Waals surface area contributed by atoms with Gasteiger partial charge in [-0.05, 0) is 43.6 Å². The van der Waals surface area contributed by atoms with E-state index in [-0.39, 0.29) is 5.91 Å². The predicted molar refractivity (Wildman–Crippen MR) is 121 cm³/mol. The summed E-state index contributed by atoms with van der Waals surface area (Å²) in [5.74, 6) is 2.09. The molecule has 1 aliphatic rings. The van der Waals surface area contributed by atoms with E-state index in [1.807, 2.05) is 30.3 Å². The molecule has 1 aromatic carbocycles. The molecule has 7 nitrogen and oxygen atoms in total. The molecule has 3 heterocycles. The molecule has 1 fully saturated rings. The molecule has 2 aromatic heterocycles. The number of nitrogens with zero attached hydrogens (tertiary/aromatic N) is 5. The maximum Gasteiger partial charge on any atom is 0.233 e. The molecular weight excluding hydrogens is 410 g/mol. The van der Waals surface area contributed by atoms with Crippen LogP contribution in [0.2, 0.25) is 0 Å². The summed E-state index contributed by atoms with van der Waals surface area (Å²) in [4.78, 5) is 16.8. The van der Waals surface area contributed by atoms with E-state index >= 15 is 0 Å². The zero-order valence-corrected chi connectivity index (χ0v) is 18.8. The third-order valence-electron chi connectivity index (χ3n) is 5.51. The fraction of sp³-hybridized carbons (Fsp3) is 0.435. The first-order valence-electron chi connectivity index (χ1n) is 10.8. The zero-order valence-electron chi connectivity index (χ0n) is 17.9. The lowest BCUT2D eigenvalue weighted by Gasteiger charge is -2.26. The molecule has 0 spiro atoms. The summed E-state index contributed by atoms with van der Waals surface area (Å²) >= 11 is 1.45. The normalized spacial score (nSPS) is 14.6. The molecule has 0 aliphatic carbocycles. The van der Waals surface area contributed by atoms with Crippen molar-refractivity contribution in [2.45, 2.75) is 44.1 Å². The Hall–Kier alpha value is -2.58. The number of aromatic nitrogens is 3. The van der Waals surface area contributed by atoms with E-state index in [9.17, 15) is 4.79 Å². The van der Waals surface area contributed by atoms with Gasteiger partial charge >= 0.3 is 0 Å². The minimum absolute atomic E-state index is 0.0354. The Morgan fingerprint density at radius 1 is 1.06 bits per heavy atom. The molecule has 164 valence electrons. The molecule has 0 atom stereocenters. The summed E-state index contributed by atoms with van der Waals surface area (Å²) in [6, 6.07) is 14.0. The molecule has 0 radical (unpaired) electrons. The van der Waals surface area contributed by atoms with Gasteiger partial charge in [0.25, 0.3) is 0 Å². The zero-order chi connectivity index (χ0) is 21.5. The van der Waals surface area contributed by atoms with Crippen molar-refractivity contribution in [2.24, 2.45) is 0 Å². The van der Waals surface area contributed by atoms with Crippen LogP contribution in [-0.2, 0) is 24.4 Å². The van der Waals surface area contributed by atoms with Crippen molar-refractivity contribution in [3.05, 3.63) is 65.9 Å². The molecular formula is C23H29N5O2S. The van der Waals surface area contributed by atoms with Crippen LogP contribution < -0.4 is 0 Å². The largest absolute Gasteiger partial charge is 0.467 e. The summed E-state index contributed by atoms with van der Waals surface area (Å²) in [5.41, 5.74) is 1.20. The second kappa shape index (κ2) is 10.6. The van der Waals surface area contributed by atoms with Crippen molar-refractivity contribution < 1.29 is 9.21 Å². The van der Waals surface area contributed by atoms with E-state index in [0.29, 0.717) is 18.8 Å². The summed E-state index contributed by atoms with van der Waals surface area (Å²) in [5, 5.41) is 9.73. The van der Waals surface area contributed by atoms with Crippen LogP contribution in [0.1, 0.15) is 36.4 Å². The van der Waals surface area contributed by atoms with E-state index in [1.54, 1.807) is 18.2 Å². The standard InChI is InChI=1S/C23H29N5O2S/c1-26(16-20-11-8-14-30-20)22(29)18-31-23-25-24-21(17-27-12-6-3-7-13-27)28(23)15-19-9-4-2-5-10-19/h2,4-5,8-11,14H,3,6-7,12-13,15-18H2,1H3. The first kappa shape index (κ1) is 21.6. The molecule has 0 bridgehead atoms. The Bertz CT molecular complexity index is 952. The number of carbonyl (C=O) groups excluding carboxylic acids is 1. The first-order valence-corrected chi connectivity index (χ1v) is 11.7. The monoisotopic (exact) mass is 439 g/mol. The van der Waals surface area contributed by atoms with Crippen LogP contribution in [0.4, 0.5) is 0 Å². The van der Waals surface area contributed by atoms with Gasteiger partial charge in [-0.25, -0.2) is 0 Å². The Morgan fingerprint density at radius 2 is 1.87 bits per heavy atom. The molecule has 1 saturated heterocycles. The number of furan rings is 1. The molecule has 8 heteroatoms. The maximum atomic E-state index is 12.6. The van der Waals surface area contributed by atoms with E-state index in [0.717, 1.165) is 36.4 Å². The van der Waals surface area contributed by atoms with E-state index in [2.05, 4.69) is 31.8 Å². The number of hydrogen-bond donors (Lipinski definition) is 0. The fourth-order valence-corrected chi connectivity index (χ4v) is 4.64. The van der Waals surface area contributed by atoms with Gasteiger partial charge in [0.1, 0.15) is 11.6 Å². The van der Waals surface area contributed by atoms with Crippen molar-refractivity contribution in [1.82, 2.24) is 24.6 Å². The van der Waals surface area contributed by atoms with Gasteiger partial charge in [-0.2, -0.15) is 0 Å². The number of benzene rings is 1. The van der Waals surface area contributed by atoms with E-state index in [1.165, 1.54) is 36.6 Å². The number of piperidine rings is 1. The van der Waals surface area contributed by atoms with Crippen molar-refractivity contribution in [2.75, 3.05) is 25.9 Å². The number of rotatable bonds is 9. The molecule has 0 N–H and O–H groups in total. The highest BCUT2D eigenvalue weighted by Gasteiger charge is 2.19. The minimum atomic E-state index is 0.0354. The molecule has 3 aromatic rings. The van der Waals surface area contributed by atoms with Crippen molar-refractivity contribution in [1.29, 1.82) is 0 Å². The molecule has 0 unspecified atom stereocenters. The number of hydrogen-bond acceptors (Lipinski definition) is 6. The topological polar surface area (TPSA) is 67.4 Å². The number of amides is 1. The predicted octanol–water partition coefficient (Wildman–Crippen LogP) is 3.66. The summed E-state index contributed by atoms with van der Waals surface area (Å²) in [6.07, 6.45) is 5.41. The third-order valence-corrected chi connectivity index (χ3v) is 6.47. The minimum Gasteiger partial charge on any atom is -0.467 e. The smallest absolute Gasteiger partial charge is 0.233 e. The summed E-state index contributed by atoms with van der Waals surface area (Å²) < 4.78 is 7.51. The lowest BCUT2D eigenvalue weighted by molar-refractivity contribution is -0.127. The molecule has 1 amide bonds. The van der Waals surface area contributed by atoms with Crippen molar-refractivity contribution >= 4 is 17.7 Å². The number of thioether (sulfide) groups is 1. The van der Waals surface area contributed by atoms with Gasteiger partial charge in [-0.15, -0.1) is 10.2 Å². The Labute approximate surface area is 187 Å². The summed E-state index contributed by atoms with van der Waals surface area (Å²) in [7, 11) is 1.79. The van der Waals surface area contributed by atoms with Gasteiger partial charge in [-0.1, -0.05) is 48.5 Å². The van der Waals surface area contributed by atoms with Gasteiger partial charge in [0, 0.05) is 7.05 Å². The second-order valence-electron chi connectivity index (χ2n) is 7.93. The highest BCUT2D eigenvalue weighted by atomic mass is 32.2. The average molecular weight is 440 g/mol. The van der Waals surface area contributed by atoms with Crippen LogP contribution in [0, 0.1) is 0 Å². The molecule has 1 aliphatic heterocycles. The Kier molecular flexibility index (Phi) is 7.43. The molecule has 0 saturated carbocycles. The molecule has 31 heavy (non-hydrogen) atoms. The first-order chi connectivity index (χ1) is 15.2. The van der Waals surface area contributed by atoms with Crippen molar-refractivity contribution in [3.8, 4) is 0 Å². The molecule has 4 rings (SSSR count). The van der Waals surface area contributed by atoms with Gasteiger partial charge in [0.15, 0.2) is 5.16 Å². The van der Waals surface area contributed by atoms with Crippen LogP contribution in [0.15, 0.2) is 58.3 Å². The van der Waals surface area contributed by atoms with Gasteiger partial charge in [-0.3, -0.25) is 9.69 Å². The second-order valence-corrected chi connectivity index (χ2v) is 8.87. The van der Waals surface area contributed by atoms with Crippen LogP contribution in [0.5, 0.6) is 0 Å². The third kappa shape index (κ3) is 5.98. The average Bonchev–Trinajstić information content (AvgIpc) is 3.44. The van der Waals surface area contributed by atoms with Gasteiger partial charge in [0.2, 0.25) is 5.91 Å². The van der Waals surface area contributed by atoms with Crippen LogP contribution in [-0.4, -0.2) is 56.4 Å². The SMILES string of the molecule is CN(Cc1ccco1)C(=O)CSc1nnc(CN2CCCCC2)n1Cc1ccccc1. The Morgan fingerprint density at radius 3 is 2.61 bits per heavy atom. The van der Waals surface area contributed by atoms with Crippen LogP contribution >= 0.6 is 11.8 Å². The van der Waals surface area contributed by atoms with Crippen LogP contribution in [0.3, 0.4) is 0 Å². The fourth-order valence-electron chi connectivity index (χ4n) is 3.75. The number of likely N-dealkylation sites (tertiary alicyclic amines) is 1.